The van der Waals surface area contributed by atoms with E-state index in [1.165, 1.54) is 22.3 Å². The van der Waals surface area contributed by atoms with Crippen LogP contribution in [0, 0.1) is 96.9 Å². The molecule has 22 heteroatoms. The summed E-state index contributed by atoms with van der Waals surface area (Å²) in [5.41, 5.74) is 24.8. The number of hydrogen-bond acceptors (Lipinski definition) is 16. The minimum Gasteiger partial charge on any atom is -0.554 e. The second-order valence-corrected chi connectivity index (χ2v) is 26.8. The summed E-state index contributed by atoms with van der Waals surface area (Å²) in [4.78, 5) is 81.5. The van der Waals surface area contributed by atoms with Gasteiger partial charge < -0.3 is 63.7 Å². The predicted molar refractivity (Wildman–Crippen MR) is 406 cm³/mol. The van der Waals surface area contributed by atoms with Gasteiger partial charge in [0, 0.05) is 42.5 Å². The Labute approximate surface area is 1010 Å². The molecular formula is C91H84Cs6O16. The molecule has 0 aromatic heterocycles. The second kappa shape index (κ2) is 54.4. The number of carbonyl (C=O) groups is 6. The molecule has 550 valence electrons. The number of ether oxygens (including phenoxy) is 3. The normalized spacial score (nSPS) is 10.3. The van der Waals surface area contributed by atoms with Gasteiger partial charge in [-0.05, 0) is 221 Å². The van der Waals surface area contributed by atoms with Gasteiger partial charge >= 0.3 is 420 Å². The summed E-state index contributed by atoms with van der Waals surface area (Å²) in [5, 5.41) is 60.5. The van der Waals surface area contributed by atoms with Gasteiger partial charge in [0.15, 0.2) is 6.79 Å². The first kappa shape index (κ1) is 111. The third-order valence-corrected chi connectivity index (χ3v) is 18.2. The van der Waals surface area contributed by atoms with Crippen molar-refractivity contribution in [3.8, 4) is 33.8 Å². The summed E-state index contributed by atoms with van der Waals surface area (Å²) in [6.45, 7) is 28.0. The Bertz CT molecular complexity index is 5280. The minimum atomic E-state index is -1.11. The van der Waals surface area contributed by atoms with Crippen LogP contribution >= 0.6 is 0 Å². The van der Waals surface area contributed by atoms with Crippen molar-refractivity contribution in [2.24, 2.45) is 0 Å². The molecule has 113 heavy (non-hydrogen) atoms. The second-order valence-electron chi connectivity index (χ2n) is 26.8. The van der Waals surface area contributed by atoms with Gasteiger partial charge in [-0.25, -0.2) is 0 Å². The number of hydrogen-bond donors (Lipinski definition) is 0. The molecule has 0 N–H and O–H groups in total. The number of carboxylic acid groups (broad SMARTS) is 5. The van der Waals surface area contributed by atoms with Crippen LogP contribution in [-0.4, -0.2) is 56.4 Å². The number of carboxylic acids is 5. The van der Waals surface area contributed by atoms with Crippen LogP contribution in [0.4, 0.5) is 0 Å². The number of aliphatic carboxylic acids is 2. The van der Waals surface area contributed by atoms with Gasteiger partial charge in [-0.2, -0.15) is 9.59 Å². The zero-order valence-corrected chi connectivity index (χ0v) is 106. The summed E-state index contributed by atoms with van der Waals surface area (Å²) in [7, 11) is 1.62. The van der Waals surface area contributed by atoms with E-state index in [0.29, 0.717) is 35.7 Å². The molecule has 0 fully saturated rings. The van der Waals surface area contributed by atoms with Gasteiger partial charge in [-0.15, -0.1) is 33.7 Å². The molecule has 0 spiro atoms. The van der Waals surface area contributed by atoms with E-state index in [9.17, 15) is 54.3 Å². The van der Waals surface area contributed by atoms with Gasteiger partial charge in [0.2, 0.25) is 0 Å². The van der Waals surface area contributed by atoms with E-state index in [1.807, 2.05) is 241 Å². The third-order valence-electron chi connectivity index (χ3n) is 18.2. The standard InChI is InChI=1S/C16H14O2.C16H13O2.C16H14O2.C13H12O2.C10H14O2.C10H12O2.C9H10O2.CO2.6Cs/c2*1-9-3-5-11-12-6-4-10(2)8-14(12)15(16(17)18)13(11)7-9;1-9-3-4-13-11(5-9)7-12-6-10(2)14(16(17)18)8-15(12)13;1-8-3-6-11-10(7-8)5-4-9(2)12(11)13(14)15;1-8-4-5-9(2)10(6-8)12-7-11-3;1-7-3-4-8(2)9(5-7)6-10(11)12;1-7-3-4-8(2)9(5-7)11-6-10;2-1-3;;;;;;/h3-8,15H,1-2H3,(H,17,18);3-8H,1-2H3,(H,17,18);3-6,8H,7H2,1-2H3,(H,17,18);3-7H,1-2H3,(H,14,15);4-6H,7H2,1-3H3;3-5H,6H2,1-2H3,(H,11,12);3-6H,1-2H3;;;;;;;/q;-1;;;;;;;6*+1/p-5. The van der Waals surface area contributed by atoms with E-state index in [1.54, 1.807) is 20.1 Å². The Morgan fingerprint density at radius 2 is 0.832 bits per heavy atom. The smallest absolute Gasteiger partial charge is 0.554 e. The quantitative estimate of drug-likeness (QED) is 0.0667. The zero-order chi connectivity index (χ0) is 78.7. The SMILES string of the molecule is COCOc1cc(C)ccc1C.Cc1ccc(C)c(CC(=O)[O-])c1.Cc1ccc(C)c(OC=O)c1.Cc1ccc2c(C(=O)[O-])c(C)ccc2c1.Cc1ccc2c(c1)C(C(=O)[O-])c1cc(C)ccc1-2.Cc1ccc2c(c1)Cc1cc(C)c(C(=O)[O-])cc1-2.Cc1ccc2c3ccc(C)cc3[c-](C(=O)[O-])c2c1.O=C=O.[Cs+].[Cs+].[Cs+].[Cs+].[Cs+].[Cs+]. The summed E-state index contributed by atoms with van der Waals surface area (Å²) in [5.74, 6) is -4.45. The molecule has 0 atom stereocenters. The number of carbonyl (C=O) groups excluding carboxylic acids is 8. The van der Waals surface area contributed by atoms with E-state index in [-0.39, 0.29) is 426 Å². The molecule has 0 amide bonds. The summed E-state index contributed by atoms with van der Waals surface area (Å²) in [6.07, 6.45) is 1.15. The molecule has 16 nitrogen and oxygen atoms in total. The average Bonchev–Trinajstić information content (AvgIpc) is 1.56. The largest absolute Gasteiger partial charge is 1.00 e. The summed E-state index contributed by atoms with van der Waals surface area (Å²) >= 11 is 0. The molecule has 0 unspecified atom stereocenters. The number of rotatable bonds is 11. The molecule has 0 radical (unpaired) electrons. The first-order valence-electron chi connectivity index (χ1n) is 34.3. The first-order valence-corrected chi connectivity index (χ1v) is 34.3. The van der Waals surface area contributed by atoms with Crippen LogP contribution in [0.1, 0.15) is 143 Å². The average molecular weight is 2230 g/mol. The molecule has 14 rings (SSSR count). The van der Waals surface area contributed by atoms with Crippen molar-refractivity contribution in [1.29, 1.82) is 0 Å². The molecule has 2 aliphatic rings. The Morgan fingerprint density at radius 1 is 0.425 bits per heavy atom. The number of aryl methyl sites for hydroxylation is 14. The van der Waals surface area contributed by atoms with Crippen LogP contribution in [0.3, 0.4) is 0 Å². The third kappa shape index (κ3) is 32.1. The fourth-order valence-electron chi connectivity index (χ4n) is 12.9. The van der Waals surface area contributed by atoms with Crippen molar-refractivity contribution >= 4 is 74.8 Å². The first-order chi connectivity index (χ1) is 50.8. The van der Waals surface area contributed by atoms with Gasteiger partial charge in [0.1, 0.15) is 11.5 Å². The van der Waals surface area contributed by atoms with Crippen LogP contribution in [0.2, 0.25) is 0 Å². The number of aromatic carboxylic acids is 3. The van der Waals surface area contributed by atoms with E-state index in [4.69, 9.17) is 23.8 Å². The van der Waals surface area contributed by atoms with Crippen molar-refractivity contribution in [3.05, 3.63) is 310 Å². The van der Waals surface area contributed by atoms with Crippen molar-refractivity contribution in [3.63, 3.8) is 0 Å². The van der Waals surface area contributed by atoms with Crippen molar-refractivity contribution < 1.29 is 491 Å². The molecular weight excluding hydrogens is 2150 g/mol. The fraction of sp³-hybridized carbons (Fsp3) is 0.209. The van der Waals surface area contributed by atoms with Crippen molar-refractivity contribution in [2.75, 3.05) is 13.9 Å². The van der Waals surface area contributed by atoms with Crippen LogP contribution in [0.25, 0.3) is 54.6 Å². The molecule has 0 saturated heterocycles. The summed E-state index contributed by atoms with van der Waals surface area (Å²) in [6, 6.07) is 60.8. The molecule has 2 aliphatic carbocycles. The van der Waals surface area contributed by atoms with Crippen molar-refractivity contribution in [2.45, 2.75) is 116 Å². The van der Waals surface area contributed by atoms with E-state index >= 15 is 0 Å². The van der Waals surface area contributed by atoms with Gasteiger partial charge in [0.05, 0.1) is 17.9 Å². The molecule has 0 heterocycles. The van der Waals surface area contributed by atoms with Crippen LogP contribution in [-0.2, 0) is 41.6 Å². The topological polar surface area (TPSA) is 280 Å². The Balaban J connectivity index is 0.000000655. The van der Waals surface area contributed by atoms with E-state index in [2.05, 4.69) is 31.2 Å². The Morgan fingerprint density at radius 3 is 1.30 bits per heavy atom. The molecule has 0 bridgehead atoms. The molecule has 12 aromatic carbocycles. The summed E-state index contributed by atoms with van der Waals surface area (Å²) < 4.78 is 14.9. The number of methoxy groups -OCH3 is 1. The van der Waals surface area contributed by atoms with Gasteiger partial charge in [0.25, 0.3) is 6.47 Å². The number of fused-ring (bicyclic) bond motifs is 10. The maximum absolute atomic E-state index is 11.4. The van der Waals surface area contributed by atoms with Gasteiger partial charge in [-0.1, -0.05) is 202 Å². The van der Waals surface area contributed by atoms with Crippen molar-refractivity contribution in [1.82, 2.24) is 0 Å². The maximum atomic E-state index is 11.4. The Kier molecular flexibility index (Phi) is 53.4. The molecule has 0 aliphatic heterocycles. The maximum Gasteiger partial charge on any atom is 1.00 e. The monoisotopic (exact) mass is 2230 g/mol. The van der Waals surface area contributed by atoms with Gasteiger partial charge in [-0.3, -0.25) is 4.79 Å². The van der Waals surface area contributed by atoms with E-state index in [0.717, 1.165) is 150 Å². The molecule has 12 aromatic rings. The molecule has 0 saturated carbocycles. The van der Waals surface area contributed by atoms with Crippen LogP contribution in [0.15, 0.2) is 188 Å². The Hall–Kier alpha value is -0.178. The number of benzene rings is 11. The van der Waals surface area contributed by atoms with Crippen LogP contribution in [0.5, 0.6) is 11.5 Å². The van der Waals surface area contributed by atoms with Crippen LogP contribution < -0.4 is 448 Å². The zero-order valence-electron chi connectivity index (χ0n) is 68.7. The predicted octanol–water partition coefficient (Wildman–Crippen LogP) is -4.92. The minimum absolute atomic E-state index is 0. The van der Waals surface area contributed by atoms with E-state index < -0.39 is 35.8 Å². The fourth-order valence-corrected chi connectivity index (χ4v) is 12.9.